The molecule has 0 atom stereocenters. The summed E-state index contributed by atoms with van der Waals surface area (Å²) in [6.07, 6.45) is 2.81. The third-order valence-corrected chi connectivity index (χ3v) is 4.20. The van der Waals surface area contributed by atoms with Crippen LogP contribution in [0.2, 0.25) is 0 Å². The lowest BCUT2D eigenvalue weighted by atomic mass is 9.67. The highest BCUT2D eigenvalue weighted by molar-refractivity contribution is 5.99. The zero-order valence-corrected chi connectivity index (χ0v) is 11.6. The molecule has 0 unspecified atom stereocenters. The highest BCUT2D eigenvalue weighted by atomic mass is 16.3. The fraction of sp³-hybridized carbons (Fsp3) is 0.533. The molecule has 0 heterocycles. The van der Waals surface area contributed by atoms with E-state index in [1.807, 2.05) is 19.9 Å². The topological polar surface area (TPSA) is 66.6 Å². The molecule has 1 amide bonds. The van der Waals surface area contributed by atoms with E-state index < -0.39 is 0 Å². The van der Waals surface area contributed by atoms with Gasteiger partial charge in [-0.25, -0.2) is 0 Å². The number of nitrogens with two attached hydrogens (primary N) is 1. The summed E-state index contributed by atoms with van der Waals surface area (Å²) in [6.45, 7) is 4.88. The van der Waals surface area contributed by atoms with E-state index in [2.05, 4.69) is 0 Å². The summed E-state index contributed by atoms with van der Waals surface area (Å²) >= 11 is 0. The van der Waals surface area contributed by atoms with Crippen LogP contribution in [-0.2, 0) is 4.79 Å². The van der Waals surface area contributed by atoms with E-state index in [0.717, 1.165) is 30.5 Å². The maximum atomic E-state index is 12.7. The van der Waals surface area contributed by atoms with Crippen molar-refractivity contribution in [1.82, 2.24) is 0 Å². The van der Waals surface area contributed by atoms with Gasteiger partial charge < -0.3 is 15.7 Å². The smallest absolute Gasteiger partial charge is 0.234 e. The Kier molecular flexibility index (Phi) is 3.80. The minimum atomic E-state index is -0.381. The molecule has 3 N–H and O–H groups in total. The number of aryl methyl sites for hydroxylation is 1. The molecule has 0 aliphatic heterocycles. The third-order valence-electron chi connectivity index (χ3n) is 4.20. The highest BCUT2D eigenvalue weighted by Crippen LogP contribution is 2.42. The maximum Gasteiger partial charge on any atom is 0.234 e. The van der Waals surface area contributed by atoms with Crippen LogP contribution in [0.25, 0.3) is 0 Å². The molecule has 1 aromatic carbocycles. The van der Waals surface area contributed by atoms with Crippen LogP contribution in [0.1, 0.15) is 31.7 Å². The molecule has 0 saturated heterocycles. The number of anilines is 1. The van der Waals surface area contributed by atoms with Crippen molar-refractivity contribution in [2.24, 2.45) is 11.1 Å². The Morgan fingerprint density at radius 3 is 2.63 bits per heavy atom. The second kappa shape index (κ2) is 5.21. The average Bonchev–Trinajstić information content (AvgIpc) is 2.34. The number of hydrogen-bond acceptors (Lipinski definition) is 3. The first kappa shape index (κ1) is 13.9. The number of phenolic OH excluding ortho intramolecular Hbond substituents is 1. The number of phenols is 1. The van der Waals surface area contributed by atoms with Gasteiger partial charge in [-0.05, 0) is 38.3 Å². The molecule has 1 saturated carbocycles. The Hall–Kier alpha value is -1.55. The van der Waals surface area contributed by atoms with Crippen molar-refractivity contribution >= 4 is 11.6 Å². The van der Waals surface area contributed by atoms with E-state index in [-0.39, 0.29) is 17.1 Å². The molecule has 0 aromatic heterocycles. The molecular formula is C15H22N2O2. The van der Waals surface area contributed by atoms with Gasteiger partial charge in [0.25, 0.3) is 0 Å². The summed E-state index contributed by atoms with van der Waals surface area (Å²) in [7, 11) is 0. The summed E-state index contributed by atoms with van der Waals surface area (Å²) in [5, 5.41) is 9.63. The van der Waals surface area contributed by atoms with Gasteiger partial charge in [0, 0.05) is 19.2 Å². The number of hydrogen-bond donors (Lipinski definition) is 2. The first-order valence-electron chi connectivity index (χ1n) is 6.86. The summed E-state index contributed by atoms with van der Waals surface area (Å²) < 4.78 is 0. The van der Waals surface area contributed by atoms with Gasteiger partial charge in [0.2, 0.25) is 5.91 Å². The first-order valence-corrected chi connectivity index (χ1v) is 6.86. The predicted octanol–water partition coefficient (Wildman–Crippen LogP) is 2.18. The van der Waals surface area contributed by atoms with Crippen LogP contribution < -0.4 is 10.6 Å². The lowest BCUT2D eigenvalue weighted by molar-refractivity contribution is -0.132. The Labute approximate surface area is 114 Å². The summed E-state index contributed by atoms with van der Waals surface area (Å²) in [4.78, 5) is 14.5. The molecule has 1 aliphatic carbocycles. The number of benzene rings is 1. The maximum absolute atomic E-state index is 12.7. The van der Waals surface area contributed by atoms with Gasteiger partial charge in [-0.1, -0.05) is 12.5 Å². The van der Waals surface area contributed by atoms with Crippen LogP contribution in [0, 0.1) is 12.3 Å². The zero-order chi connectivity index (χ0) is 14.0. The van der Waals surface area contributed by atoms with Crippen molar-refractivity contribution in [3.8, 4) is 5.75 Å². The second-order valence-electron chi connectivity index (χ2n) is 5.36. The Balaban J connectivity index is 2.34. The number of nitrogens with zero attached hydrogens (tertiary/aromatic N) is 1. The summed E-state index contributed by atoms with van der Waals surface area (Å²) in [5.41, 5.74) is 7.20. The molecular weight excluding hydrogens is 240 g/mol. The third kappa shape index (κ3) is 2.32. The van der Waals surface area contributed by atoms with Gasteiger partial charge in [0.15, 0.2) is 0 Å². The van der Waals surface area contributed by atoms with Gasteiger partial charge in [-0.15, -0.1) is 0 Å². The van der Waals surface area contributed by atoms with Crippen LogP contribution in [0.15, 0.2) is 18.2 Å². The van der Waals surface area contributed by atoms with Crippen LogP contribution in [0.4, 0.5) is 5.69 Å². The Morgan fingerprint density at radius 2 is 2.16 bits per heavy atom. The van der Waals surface area contributed by atoms with Crippen molar-refractivity contribution in [1.29, 1.82) is 0 Å². The van der Waals surface area contributed by atoms with E-state index in [1.54, 1.807) is 17.0 Å². The van der Waals surface area contributed by atoms with Crippen LogP contribution in [0.3, 0.4) is 0 Å². The minimum absolute atomic E-state index is 0.0949. The van der Waals surface area contributed by atoms with Crippen LogP contribution in [-0.4, -0.2) is 24.1 Å². The molecule has 2 rings (SSSR count). The molecule has 4 nitrogen and oxygen atoms in total. The number of carbonyl (C=O) groups excluding carboxylic acids is 1. The highest BCUT2D eigenvalue weighted by Gasteiger charge is 2.45. The number of aromatic hydroxyl groups is 1. The zero-order valence-electron chi connectivity index (χ0n) is 11.6. The lowest BCUT2D eigenvalue weighted by Crippen LogP contribution is -2.52. The largest absolute Gasteiger partial charge is 0.508 e. The molecule has 0 radical (unpaired) electrons. The fourth-order valence-corrected chi connectivity index (χ4v) is 2.71. The van der Waals surface area contributed by atoms with Crippen LogP contribution >= 0.6 is 0 Å². The molecule has 4 heteroatoms. The monoisotopic (exact) mass is 262 g/mol. The van der Waals surface area contributed by atoms with E-state index in [9.17, 15) is 9.90 Å². The number of amides is 1. The van der Waals surface area contributed by atoms with Crippen LogP contribution in [0.5, 0.6) is 5.75 Å². The molecule has 104 valence electrons. The molecule has 0 bridgehead atoms. The number of carbonyl (C=O) groups is 1. The van der Waals surface area contributed by atoms with Crippen molar-refractivity contribution < 1.29 is 9.90 Å². The summed E-state index contributed by atoms with van der Waals surface area (Å²) in [6, 6.07) is 5.12. The van der Waals surface area contributed by atoms with Crippen molar-refractivity contribution in [2.45, 2.75) is 33.1 Å². The van der Waals surface area contributed by atoms with Gasteiger partial charge >= 0.3 is 0 Å². The number of rotatable bonds is 4. The average molecular weight is 262 g/mol. The van der Waals surface area contributed by atoms with Gasteiger partial charge in [0.05, 0.1) is 11.1 Å². The quantitative estimate of drug-likeness (QED) is 0.874. The fourth-order valence-electron chi connectivity index (χ4n) is 2.71. The Bertz CT molecular complexity index is 476. The second-order valence-corrected chi connectivity index (χ2v) is 5.36. The van der Waals surface area contributed by atoms with Gasteiger partial charge in [-0.2, -0.15) is 0 Å². The SMILES string of the molecule is CCN(C(=O)C1(CN)CCC1)c1cc(O)ccc1C. The molecule has 1 aliphatic rings. The standard InChI is InChI=1S/C15H22N2O2/c1-3-17(13-9-12(18)6-5-11(13)2)14(19)15(10-16)7-4-8-15/h5-6,9,18H,3-4,7-8,10,16H2,1-2H3. The minimum Gasteiger partial charge on any atom is -0.508 e. The van der Waals surface area contributed by atoms with Gasteiger partial charge in [0.1, 0.15) is 5.75 Å². The first-order chi connectivity index (χ1) is 9.04. The summed E-state index contributed by atoms with van der Waals surface area (Å²) in [5.74, 6) is 0.278. The Morgan fingerprint density at radius 1 is 1.47 bits per heavy atom. The van der Waals surface area contributed by atoms with E-state index in [4.69, 9.17) is 5.73 Å². The van der Waals surface area contributed by atoms with E-state index in [1.165, 1.54) is 0 Å². The molecule has 1 fully saturated rings. The normalized spacial score (nSPS) is 16.8. The van der Waals surface area contributed by atoms with E-state index >= 15 is 0 Å². The predicted molar refractivity (Wildman–Crippen MR) is 76.2 cm³/mol. The van der Waals surface area contributed by atoms with Crippen molar-refractivity contribution in [2.75, 3.05) is 18.0 Å². The van der Waals surface area contributed by atoms with Gasteiger partial charge in [-0.3, -0.25) is 4.79 Å². The van der Waals surface area contributed by atoms with Crippen molar-refractivity contribution in [3.63, 3.8) is 0 Å². The van der Waals surface area contributed by atoms with E-state index in [0.29, 0.717) is 13.1 Å². The molecule has 1 aromatic rings. The lowest BCUT2D eigenvalue weighted by Gasteiger charge is -2.42. The molecule has 0 spiro atoms. The molecule has 19 heavy (non-hydrogen) atoms. The van der Waals surface area contributed by atoms with Crippen molar-refractivity contribution in [3.05, 3.63) is 23.8 Å².